The van der Waals surface area contributed by atoms with Crippen LogP contribution in [0.15, 0.2) is 133 Å². The number of benzene rings is 9. The maximum absolute atomic E-state index is 9.75. The van der Waals surface area contributed by atoms with Gasteiger partial charge in [0.1, 0.15) is 0 Å². The van der Waals surface area contributed by atoms with Crippen LogP contribution in [-0.4, -0.2) is 0 Å². The Bertz CT molecular complexity index is 3430. The fraction of sp³-hybridized carbons (Fsp3) is 0.0385. The SMILES string of the molecule is [C-]#[N+]c1ccc2c(c1)c(-c1ccc(C#N)cc1C)cc1c3cc4c(cc3c(-c3ccc(C#N)cc3C)cc21)-c1cccc2c(-c3ccccc3[N+]#[C-])ccc-4c12. The lowest BCUT2D eigenvalue weighted by atomic mass is 9.84. The summed E-state index contributed by atoms with van der Waals surface area (Å²) in [5.74, 6) is 0. The molecule has 256 valence electrons. The van der Waals surface area contributed by atoms with E-state index in [0.29, 0.717) is 22.5 Å². The Balaban J connectivity index is 1.35. The van der Waals surface area contributed by atoms with Crippen molar-refractivity contribution in [2.24, 2.45) is 0 Å². The summed E-state index contributed by atoms with van der Waals surface area (Å²) >= 11 is 0. The molecular weight excluding hydrogens is 681 g/mol. The lowest BCUT2D eigenvalue weighted by Gasteiger charge is -2.19. The van der Waals surface area contributed by atoms with Crippen LogP contribution in [0.2, 0.25) is 0 Å². The van der Waals surface area contributed by atoms with Gasteiger partial charge in [-0.25, -0.2) is 9.69 Å². The van der Waals surface area contributed by atoms with Gasteiger partial charge in [-0.2, -0.15) is 10.5 Å². The Morgan fingerprint density at radius 1 is 0.393 bits per heavy atom. The fourth-order valence-electron chi connectivity index (χ4n) is 9.00. The minimum atomic E-state index is 0.565. The Kier molecular flexibility index (Phi) is 7.15. The van der Waals surface area contributed by atoms with Gasteiger partial charge >= 0.3 is 0 Å². The highest BCUT2D eigenvalue weighted by molar-refractivity contribution is 6.28. The van der Waals surface area contributed by atoms with Crippen LogP contribution in [-0.2, 0) is 0 Å². The molecule has 1 aliphatic carbocycles. The van der Waals surface area contributed by atoms with Crippen molar-refractivity contribution in [2.45, 2.75) is 13.8 Å². The van der Waals surface area contributed by atoms with E-state index in [2.05, 4.69) is 95.5 Å². The number of para-hydroxylation sites is 1. The van der Waals surface area contributed by atoms with Crippen molar-refractivity contribution in [1.29, 1.82) is 10.5 Å². The number of rotatable bonds is 3. The molecule has 0 saturated carbocycles. The van der Waals surface area contributed by atoms with Gasteiger partial charge in [0.15, 0.2) is 11.4 Å². The highest BCUT2D eigenvalue weighted by atomic mass is 14.6. The van der Waals surface area contributed by atoms with Crippen LogP contribution in [0.1, 0.15) is 22.3 Å². The molecule has 1 aliphatic rings. The number of nitrogens with zero attached hydrogens (tertiary/aromatic N) is 4. The fourth-order valence-corrected chi connectivity index (χ4v) is 9.00. The summed E-state index contributed by atoms with van der Waals surface area (Å²) < 4.78 is 0. The van der Waals surface area contributed by atoms with Crippen molar-refractivity contribution in [3.63, 3.8) is 0 Å². The van der Waals surface area contributed by atoms with Crippen LogP contribution in [0.3, 0.4) is 0 Å². The smallest absolute Gasteiger partial charge is 0.194 e. The van der Waals surface area contributed by atoms with Gasteiger partial charge in [0, 0.05) is 0 Å². The molecule has 0 saturated heterocycles. The Morgan fingerprint density at radius 2 is 0.929 bits per heavy atom. The van der Waals surface area contributed by atoms with Crippen molar-refractivity contribution >= 4 is 54.5 Å². The molecule has 4 nitrogen and oxygen atoms in total. The van der Waals surface area contributed by atoms with Crippen molar-refractivity contribution in [1.82, 2.24) is 0 Å². The predicted octanol–water partition coefficient (Wildman–Crippen LogP) is 14.4. The van der Waals surface area contributed by atoms with Crippen molar-refractivity contribution in [3.05, 3.63) is 179 Å². The van der Waals surface area contributed by atoms with Crippen LogP contribution < -0.4 is 0 Å². The molecule has 0 radical (unpaired) electrons. The molecular formula is C52H28N4. The van der Waals surface area contributed by atoms with Crippen LogP contribution in [0.5, 0.6) is 0 Å². The summed E-state index contributed by atoms with van der Waals surface area (Å²) in [7, 11) is 0. The Labute approximate surface area is 324 Å². The number of fused-ring (bicyclic) bond motifs is 8. The molecule has 56 heavy (non-hydrogen) atoms. The summed E-state index contributed by atoms with van der Waals surface area (Å²) in [6.07, 6.45) is 0. The van der Waals surface area contributed by atoms with Crippen LogP contribution in [0, 0.1) is 49.7 Å². The second-order valence-electron chi connectivity index (χ2n) is 14.5. The number of hydrogen-bond donors (Lipinski definition) is 0. The van der Waals surface area contributed by atoms with Gasteiger partial charge in [0.2, 0.25) is 0 Å². The van der Waals surface area contributed by atoms with Gasteiger partial charge in [-0.3, -0.25) is 0 Å². The molecule has 0 atom stereocenters. The van der Waals surface area contributed by atoms with E-state index in [9.17, 15) is 10.5 Å². The molecule has 0 fully saturated rings. The molecule has 9 aromatic rings. The number of hydrogen-bond acceptors (Lipinski definition) is 2. The monoisotopic (exact) mass is 708 g/mol. The first-order valence-corrected chi connectivity index (χ1v) is 18.3. The highest BCUT2D eigenvalue weighted by Crippen LogP contribution is 2.53. The zero-order valence-corrected chi connectivity index (χ0v) is 30.5. The highest BCUT2D eigenvalue weighted by Gasteiger charge is 2.26. The van der Waals surface area contributed by atoms with Gasteiger partial charge in [0.05, 0.1) is 36.4 Å². The quantitative estimate of drug-likeness (QED) is 0.135. The molecule has 0 aliphatic heterocycles. The zero-order valence-electron chi connectivity index (χ0n) is 30.5. The number of nitriles is 2. The van der Waals surface area contributed by atoms with E-state index >= 15 is 0 Å². The molecule has 0 spiro atoms. The first-order chi connectivity index (χ1) is 27.4. The largest absolute Gasteiger partial charge is 0.238 e. The predicted molar refractivity (Wildman–Crippen MR) is 229 cm³/mol. The lowest BCUT2D eigenvalue weighted by molar-refractivity contribution is 1.42. The standard InChI is InChI=1S/C52H28N4/c1-29-20-31(27-53)12-15-34(29)43-24-49-45(37-17-14-33(55-3)22-42(37)43)23-44(35-16-13-32(28-54)21-30(35)2)48-25-46-40-10-7-9-39-36(38-8-5-6-11-51(38)56-4)18-19-41(52(39)40)47(46)26-50(48)49/h5-26H,1-2H3. The van der Waals surface area contributed by atoms with Crippen LogP contribution in [0.25, 0.3) is 108 Å². The topological polar surface area (TPSA) is 56.3 Å². The number of aryl methyl sites for hydroxylation is 2. The third kappa shape index (κ3) is 4.68. The van der Waals surface area contributed by atoms with Gasteiger partial charge in [-0.15, -0.1) is 0 Å². The molecule has 10 rings (SSSR count). The summed E-state index contributed by atoms with van der Waals surface area (Å²) in [5.41, 5.74) is 15.2. The van der Waals surface area contributed by atoms with Gasteiger partial charge in [0.25, 0.3) is 0 Å². The minimum Gasteiger partial charge on any atom is -0.238 e. The first kappa shape index (κ1) is 32.6. The maximum atomic E-state index is 9.75. The normalized spacial score (nSPS) is 11.3. The van der Waals surface area contributed by atoms with Crippen LogP contribution >= 0.6 is 0 Å². The first-order valence-electron chi connectivity index (χ1n) is 18.3. The summed E-state index contributed by atoms with van der Waals surface area (Å²) in [6, 6.07) is 50.2. The van der Waals surface area contributed by atoms with Crippen LogP contribution in [0.4, 0.5) is 11.4 Å². The van der Waals surface area contributed by atoms with E-state index < -0.39 is 0 Å². The molecule has 0 bridgehead atoms. The summed E-state index contributed by atoms with van der Waals surface area (Å²) in [6.45, 7) is 19.8. The van der Waals surface area contributed by atoms with Gasteiger partial charge < -0.3 is 0 Å². The third-order valence-electron chi connectivity index (χ3n) is 11.5. The zero-order chi connectivity index (χ0) is 38.2. The van der Waals surface area contributed by atoms with E-state index in [1.165, 1.54) is 10.9 Å². The van der Waals surface area contributed by atoms with Gasteiger partial charge in [-0.1, -0.05) is 78.9 Å². The maximum Gasteiger partial charge on any atom is 0.194 e. The van der Waals surface area contributed by atoms with E-state index in [1.807, 2.05) is 73.7 Å². The molecule has 9 aromatic carbocycles. The molecule has 0 N–H and O–H groups in total. The van der Waals surface area contributed by atoms with E-state index in [-0.39, 0.29) is 0 Å². The Morgan fingerprint density at radius 3 is 1.57 bits per heavy atom. The van der Waals surface area contributed by atoms with Crippen molar-refractivity contribution < 1.29 is 0 Å². The molecule has 0 aromatic heterocycles. The molecule has 4 heteroatoms. The van der Waals surface area contributed by atoms with E-state index in [0.717, 1.165) is 98.9 Å². The average molecular weight is 709 g/mol. The lowest BCUT2D eigenvalue weighted by Crippen LogP contribution is -1.93. The minimum absolute atomic E-state index is 0.565. The Hall–Kier alpha value is -8.02. The second-order valence-corrected chi connectivity index (χ2v) is 14.5. The average Bonchev–Trinajstić information content (AvgIpc) is 3.55. The van der Waals surface area contributed by atoms with Crippen molar-refractivity contribution in [3.8, 4) is 67.8 Å². The summed E-state index contributed by atoms with van der Waals surface area (Å²) in [4.78, 5) is 7.66. The second kappa shape index (κ2) is 12.3. The molecule has 0 heterocycles. The van der Waals surface area contributed by atoms with Gasteiger partial charge in [-0.05, 0) is 178 Å². The van der Waals surface area contributed by atoms with E-state index in [4.69, 9.17) is 13.1 Å². The van der Waals surface area contributed by atoms with E-state index in [1.54, 1.807) is 0 Å². The molecule has 0 amide bonds. The molecule has 0 unspecified atom stereocenters. The third-order valence-corrected chi connectivity index (χ3v) is 11.5. The van der Waals surface area contributed by atoms with Crippen molar-refractivity contribution in [2.75, 3.05) is 0 Å². The summed E-state index contributed by atoms with van der Waals surface area (Å²) in [5, 5.41) is 28.1.